The Balaban J connectivity index is 2.34. The Hall–Kier alpha value is -1.46. The van der Waals surface area contributed by atoms with E-state index < -0.39 is 0 Å². The van der Waals surface area contributed by atoms with Crippen LogP contribution in [0.25, 0.3) is 15.9 Å². The first kappa shape index (κ1) is 12.6. The highest BCUT2D eigenvalue weighted by molar-refractivity contribution is 9.09. The molecule has 1 aromatic carbocycles. The smallest absolute Gasteiger partial charge is 0.267 e. The third-order valence-electron chi connectivity index (χ3n) is 2.88. The zero-order valence-electron chi connectivity index (χ0n) is 10.0. The minimum atomic E-state index is 0.0159. The molecule has 0 N–H and O–H groups in total. The fraction of sp³-hybridized carbons (Fsp3) is 0.143. The molecule has 3 nitrogen and oxygen atoms in total. The van der Waals surface area contributed by atoms with Gasteiger partial charge in [-0.2, -0.15) is 0 Å². The van der Waals surface area contributed by atoms with Crippen LogP contribution in [-0.2, 0) is 6.42 Å². The molecule has 0 amide bonds. The van der Waals surface area contributed by atoms with Crippen molar-refractivity contribution in [2.75, 3.05) is 5.33 Å². The lowest BCUT2D eigenvalue weighted by atomic mass is 10.3. The van der Waals surface area contributed by atoms with Gasteiger partial charge in [-0.1, -0.05) is 34.1 Å². The van der Waals surface area contributed by atoms with E-state index in [4.69, 9.17) is 0 Å². The molecule has 5 heteroatoms. The van der Waals surface area contributed by atoms with Crippen molar-refractivity contribution in [1.82, 2.24) is 9.55 Å². The number of aromatic nitrogens is 2. The van der Waals surface area contributed by atoms with Crippen LogP contribution >= 0.6 is 27.3 Å². The number of nitrogens with zero attached hydrogens (tertiary/aromatic N) is 2. The lowest BCUT2D eigenvalue weighted by molar-refractivity contribution is 0.842. The van der Waals surface area contributed by atoms with Gasteiger partial charge in [-0.25, -0.2) is 4.98 Å². The van der Waals surface area contributed by atoms with Gasteiger partial charge in [0.1, 0.15) is 10.5 Å². The molecule has 0 bridgehead atoms. The van der Waals surface area contributed by atoms with Gasteiger partial charge in [-0.3, -0.25) is 9.36 Å². The number of benzene rings is 1. The summed E-state index contributed by atoms with van der Waals surface area (Å²) in [5, 5.41) is 2.69. The molecule has 0 saturated heterocycles. The first-order valence-electron chi connectivity index (χ1n) is 5.92. The largest absolute Gasteiger partial charge is 0.276 e. The molecule has 3 rings (SSSR count). The highest BCUT2D eigenvalue weighted by Gasteiger charge is 2.12. The molecule has 0 spiro atoms. The van der Waals surface area contributed by atoms with Gasteiger partial charge in [0.25, 0.3) is 5.56 Å². The Bertz CT molecular complexity index is 764. The Morgan fingerprint density at radius 1 is 1.21 bits per heavy atom. The standard InChI is InChI=1S/C14H11BrN2OS/c15-8-6-12-16-11-7-9-19-13(11)14(18)17(12)10-4-2-1-3-5-10/h1-5,7,9H,6,8H2. The summed E-state index contributed by atoms with van der Waals surface area (Å²) in [5.74, 6) is 0.791. The molecule has 0 radical (unpaired) electrons. The summed E-state index contributed by atoms with van der Waals surface area (Å²) in [6.07, 6.45) is 0.718. The van der Waals surface area contributed by atoms with Crippen LogP contribution in [0.2, 0.25) is 0 Å². The van der Waals surface area contributed by atoms with Crippen molar-refractivity contribution in [1.29, 1.82) is 0 Å². The first-order chi connectivity index (χ1) is 9.31. The number of para-hydroxylation sites is 1. The van der Waals surface area contributed by atoms with Gasteiger partial charge in [0.15, 0.2) is 0 Å². The van der Waals surface area contributed by atoms with Gasteiger partial charge in [0.05, 0.1) is 11.2 Å². The number of fused-ring (bicyclic) bond motifs is 1. The molecule has 0 aliphatic carbocycles. The van der Waals surface area contributed by atoms with Crippen LogP contribution in [-0.4, -0.2) is 14.9 Å². The SMILES string of the molecule is O=c1c2sccc2nc(CCBr)n1-c1ccccc1. The van der Waals surface area contributed by atoms with E-state index in [2.05, 4.69) is 20.9 Å². The number of rotatable bonds is 3. The average Bonchev–Trinajstić information content (AvgIpc) is 2.89. The second-order valence-corrected chi connectivity index (χ2v) is 5.79. The van der Waals surface area contributed by atoms with Crippen LogP contribution < -0.4 is 5.56 Å². The molecule has 2 aromatic heterocycles. The average molecular weight is 335 g/mol. The molecule has 96 valence electrons. The molecule has 0 atom stereocenters. The molecular formula is C14H11BrN2OS. The van der Waals surface area contributed by atoms with Gasteiger partial charge in [-0.05, 0) is 23.6 Å². The van der Waals surface area contributed by atoms with Crippen LogP contribution in [0, 0.1) is 0 Å². The number of halogens is 1. The number of hydrogen-bond acceptors (Lipinski definition) is 3. The third kappa shape index (κ3) is 2.24. The van der Waals surface area contributed by atoms with Crippen molar-refractivity contribution in [3.05, 3.63) is 58.0 Å². The van der Waals surface area contributed by atoms with E-state index in [1.165, 1.54) is 11.3 Å². The maximum absolute atomic E-state index is 12.6. The van der Waals surface area contributed by atoms with E-state index in [9.17, 15) is 4.79 Å². The van der Waals surface area contributed by atoms with Gasteiger partial charge >= 0.3 is 0 Å². The van der Waals surface area contributed by atoms with Crippen molar-refractivity contribution in [2.45, 2.75) is 6.42 Å². The maximum atomic E-state index is 12.6. The predicted octanol–water partition coefficient (Wildman–Crippen LogP) is 3.38. The summed E-state index contributed by atoms with van der Waals surface area (Å²) in [4.78, 5) is 17.2. The Morgan fingerprint density at radius 3 is 2.74 bits per heavy atom. The maximum Gasteiger partial charge on any atom is 0.276 e. The minimum absolute atomic E-state index is 0.0159. The summed E-state index contributed by atoms with van der Waals surface area (Å²) in [5.41, 5.74) is 1.67. The number of hydrogen-bond donors (Lipinski definition) is 0. The monoisotopic (exact) mass is 334 g/mol. The Labute approximate surface area is 122 Å². The Morgan fingerprint density at radius 2 is 2.00 bits per heavy atom. The lowest BCUT2D eigenvalue weighted by Gasteiger charge is -2.11. The summed E-state index contributed by atoms with van der Waals surface area (Å²) >= 11 is 4.86. The fourth-order valence-corrected chi connectivity index (χ4v) is 3.17. The molecule has 19 heavy (non-hydrogen) atoms. The van der Waals surface area contributed by atoms with E-state index in [0.717, 1.165) is 28.8 Å². The predicted molar refractivity (Wildman–Crippen MR) is 82.7 cm³/mol. The van der Waals surface area contributed by atoms with Crippen molar-refractivity contribution in [3.63, 3.8) is 0 Å². The zero-order valence-corrected chi connectivity index (χ0v) is 12.4. The van der Waals surface area contributed by atoms with Crippen molar-refractivity contribution in [2.24, 2.45) is 0 Å². The normalized spacial score (nSPS) is 11.0. The number of aryl methyl sites for hydroxylation is 1. The molecule has 2 heterocycles. The van der Waals surface area contributed by atoms with Gasteiger partial charge in [-0.15, -0.1) is 11.3 Å². The van der Waals surface area contributed by atoms with E-state index in [0.29, 0.717) is 4.70 Å². The van der Waals surface area contributed by atoms with Crippen LogP contribution in [0.3, 0.4) is 0 Å². The topological polar surface area (TPSA) is 34.9 Å². The summed E-state index contributed by atoms with van der Waals surface area (Å²) in [7, 11) is 0. The van der Waals surface area contributed by atoms with E-state index in [1.807, 2.05) is 41.8 Å². The van der Waals surface area contributed by atoms with Crippen molar-refractivity contribution >= 4 is 37.5 Å². The molecule has 0 saturated carbocycles. The second kappa shape index (κ2) is 5.27. The molecular weight excluding hydrogens is 324 g/mol. The van der Waals surface area contributed by atoms with E-state index >= 15 is 0 Å². The Kier molecular flexibility index (Phi) is 3.48. The van der Waals surface area contributed by atoms with Crippen molar-refractivity contribution in [3.8, 4) is 5.69 Å². The van der Waals surface area contributed by atoms with Gasteiger partial charge < -0.3 is 0 Å². The van der Waals surface area contributed by atoms with Crippen LogP contribution in [0.4, 0.5) is 0 Å². The second-order valence-electron chi connectivity index (χ2n) is 4.08. The molecule has 3 aromatic rings. The van der Waals surface area contributed by atoms with E-state index in [-0.39, 0.29) is 5.56 Å². The molecule has 0 aliphatic rings. The summed E-state index contributed by atoms with van der Waals surface area (Å²) in [6.45, 7) is 0. The molecule has 0 aliphatic heterocycles. The van der Waals surface area contributed by atoms with Crippen molar-refractivity contribution < 1.29 is 0 Å². The lowest BCUT2D eigenvalue weighted by Crippen LogP contribution is -2.23. The fourth-order valence-electron chi connectivity index (χ4n) is 2.05. The minimum Gasteiger partial charge on any atom is -0.267 e. The molecule has 0 unspecified atom stereocenters. The highest BCUT2D eigenvalue weighted by atomic mass is 79.9. The van der Waals surface area contributed by atoms with E-state index in [1.54, 1.807) is 4.57 Å². The van der Waals surface area contributed by atoms with Gasteiger partial charge in [0, 0.05) is 11.8 Å². The summed E-state index contributed by atoms with van der Waals surface area (Å²) < 4.78 is 2.42. The van der Waals surface area contributed by atoms with Crippen LogP contribution in [0.1, 0.15) is 5.82 Å². The quantitative estimate of drug-likeness (QED) is 0.688. The number of alkyl halides is 1. The summed E-state index contributed by atoms with van der Waals surface area (Å²) in [6, 6.07) is 11.6. The number of thiophene rings is 1. The van der Waals surface area contributed by atoms with Crippen LogP contribution in [0.5, 0.6) is 0 Å². The highest BCUT2D eigenvalue weighted by Crippen LogP contribution is 2.18. The zero-order chi connectivity index (χ0) is 13.2. The third-order valence-corrected chi connectivity index (χ3v) is 4.17. The molecule has 0 fully saturated rings. The van der Waals surface area contributed by atoms with Gasteiger partial charge in [0.2, 0.25) is 0 Å². The first-order valence-corrected chi connectivity index (χ1v) is 7.92. The van der Waals surface area contributed by atoms with Crippen LogP contribution in [0.15, 0.2) is 46.6 Å².